The second-order valence-electron chi connectivity index (χ2n) is 8.84. The molecular formula is C22H29NO3. The third kappa shape index (κ3) is 4.11. The van der Waals surface area contributed by atoms with Crippen molar-refractivity contribution >= 4 is 11.9 Å². The van der Waals surface area contributed by atoms with Gasteiger partial charge in [0, 0.05) is 13.0 Å². The Morgan fingerprint density at radius 1 is 1.00 bits per heavy atom. The van der Waals surface area contributed by atoms with Crippen LogP contribution in [0.2, 0.25) is 0 Å². The van der Waals surface area contributed by atoms with Gasteiger partial charge in [0.1, 0.15) is 0 Å². The molecule has 26 heavy (non-hydrogen) atoms. The van der Waals surface area contributed by atoms with Gasteiger partial charge >= 0.3 is 5.97 Å². The first-order valence-corrected chi connectivity index (χ1v) is 10.1. The van der Waals surface area contributed by atoms with Crippen molar-refractivity contribution in [2.45, 2.75) is 51.4 Å². The van der Waals surface area contributed by atoms with E-state index in [0.717, 1.165) is 29.9 Å². The lowest BCUT2D eigenvalue weighted by molar-refractivity contribution is -0.148. The molecule has 0 saturated heterocycles. The summed E-state index contributed by atoms with van der Waals surface area (Å²) in [6.07, 6.45) is 9.01. The lowest BCUT2D eigenvalue weighted by Crippen LogP contribution is -2.51. The molecule has 0 aliphatic heterocycles. The average molecular weight is 355 g/mol. The van der Waals surface area contributed by atoms with E-state index in [2.05, 4.69) is 5.32 Å². The molecule has 4 aliphatic carbocycles. The Morgan fingerprint density at radius 2 is 1.62 bits per heavy atom. The highest BCUT2D eigenvalue weighted by atomic mass is 16.5. The van der Waals surface area contributed by atoms with Crippen molar-refractivity contribution in [3.05, 3.63) is 35.9 Å². The first-order chi connectivity index (χ1) is 12.6. The number of carbonyl (C=O) groups excluding carboxylic acids is 2. The van der Waals surface area contributed by atoms with Gasteiger partial charge < -0.3 is 10.1 Å². The molecule has 0 unspecified atom stereocenters. The van der Waals surface area contributed by atoms with Crippen molar-refractivity contribution in [1.29, 1.82) is 0 Å². The number of carbonyl (C=O) groups is 2. The minimum Gasteiger partial charge on any atom is -0.456 e. The molecule has 0 heterocycles. The van der Waals surface area contributed by atoms with Gasteiger partial charge in [0.05, 0.1) is 0 Å². The zero-order chi connectivity index (χ0) is 18.0. The summed E-state index contributed by atoms with van der Waals surface area (Å²) < 4.78 is 5.15. The zero-order valence-electron chi connectivity index (χ0n) is 15.4. The Kier molecular flexibility index (Phi) is 5.01. The van der Waals surface area contributed by atoms with Crippen molar-refractivity contribution < 1.29 is 14.3 Å². The average Bonchev–Trinajstić information content (AvgIpc) is 2.63. The number of nitrogens with one attached hydrogen (secondary N) is 1. The fourth-order valence-corrected chi connectivity index (χ4v) is 5.95. The summed E-state index contributed by atoms with van der Waals surface area (Å²) in [4.78, 5) is 24.0. The summed E-state index contributed by atoms with van der Waals surface area (Å²) in [5.74, 6) is 2.18. The van der Waals surface area contributed by atoms with Gasteiger partial charge in [-0.25, -0.2) is 0 Å². The minimum atomic E-state index is -0.307. The quantitative estimate of drug-likeness (QED) is 0.762. The Morgan fingerprint density at radius 3 is 2.23 bits per heavy atom. The number of benzene rings is 1. The highest BCUT2D eigenvalue weighted by molar-refractivity contribution is 5.80. The Labute approximate surface area is 155 Å². The first kappa shape index (κ1) is 17.6. The van der Waals surface area contributed by atoms with Crippen molar-refractivity contribution in [3.63, 3.8) is 0 Å². The molecule has 0 atom stereocenters. The molecule has 4 aliphatic rings. The Hall–Kier alpha value is -1.84. The number of esters is 1. The van der Waals surface area contributed by atoms with Crippen LogP contribution in [0.5, 0.6) is 0 Å². The normalized spacial score (nSPS) is 31.6. The summed E-state index contributed by atoms with van der Waals surface area (Å²) in [5.41, 5.74) is 1.43. The van der Waals surface area contributed by atoms with E-state index in [1.54, 1.807) is 0 Å². The van der Waals surface area contributed by atoms with Gasteiger partial charge in [0.2, 0.25) is 0 Å². The highest BCUT2D eigenvalue weighted by Crippen LogP contribution is 2.59. The Bertz CT molecular complexity index is 619. The molecule has 0 radical (unpaired) electrons. The summed E-state index contributed by atoms with van der Waals surface area (Å²) in [6, 6.07) is 9.85. The van der Waals surface area contributed by atoms with E-state index in [9.17, 15) is 9.59 Å². The van der Waals surface area contributed by atoms with E-state index < -0.39 is 0 Å². The molecule has 1 N–H and O–H groups in total. The molecular weight excluding hydrogens is 326 g/mol. The van der Waals surface area contributed by atoms with Crippen LogP contribution in [-0.2, 0) is 20.7 Å². The second kappa shape index (κ2) is 7.42. The summed E-state index contributed by atoms with van der Waals surface area (Å²) >= 11 is 0. The van der Waals surface area contributed by atoms with E-state index in [4.69, 9.17) is 4.74 Å². The van der Waals surface area contributed by atoms with Crippen LogP contribution in [-0.4, -0.2) is 25.0 Å². The molecule has 4 fully saturated rings. The molecule has 1 aromatic carbocycles. The van der Waals surface area contributed by atoms with Gasteiger partial charge in [-0.2, -0.15) is 0 Å². The fourth-order valence-electron chi connectivity index (χ4n) is 5.95. The minimum absolute atomic E-state index is 0.153. The van der Waals surface area contributed by atoms with Crippen LogP contribution in [0.3, 0.4) is 0 Å². The van der Waals surface area contributed by atoms with E-state index in [1.165, 1.54) is 38.5 Å². The molecule has 1 amide bonds. The van der Waals surface area contributed by atoms with Gasteiger partial charge in [0.25, 0.3) is 5.91 Å². The van der Waals surface area contributed by atoms with Crippen molar-refractivity contribution in [2.24, 2.45) is 23.2 Å². The molecule has 4 bridgehead atoms. The van der Waals surface area contributed by atoms with Gasteiger partial charge in [0.15, 0.2) is 6.61 Å². The number of aryl methyl sites for hydroxylation is 1. The van der Waals surface area contributed by atoms with E-state index in [1.807, 2.05) is 30.3 Å². The SMILES string of the molecule is O=C(COC(=O)CCc1ccccc1)NCC12CC3CC(CC(C3)C1)C2. The lowest BCUT2D eigenvalue weighted by atomic mass is 9.49. The van der Waals surface area contributed by atoms with Crippen molar-refractivity contribution in [1.82, 2.24) is 5.32 Å². The number of ether oxygens (including phenoxy) is 1. The summed E-state index contributed by atoms with van der Waals surface area (Å²) in [6.45, 7) is 0.608. The largest absolute Gasteiger partial charge is 0.456 e. The molecule has 4 heteroatoms. The van der Waals surface area contributed by atoms with Crippen LogP contribution in [0.25, 0.3) is 0 Å². The third-order valence-electron chi connectivity index (χ3n) is 6.65. The smallest absolute Gasteiger partial charge is 0.306 e. The van der Waals surface area contributed by atoms with E-state index >= 15 is 0 Å². The predicted molar refractivity (Wildman–Crippen MR) is 99.3 cm³/mol. The topological polar surface area (TPSA) is 55.4 Å². The number of hydrogen-bond acceptors (Lipinski definition) is 3. The first-order valence-electron chi connectivity index (χ1n) is 10.1. The van der Waals surface area contributed by atoms with Gasteiger partial charge in [-0.15, -0.1) is 0 Å². The summed E-state index contributed by atoms with van der Waals surface area (Å²) in [5, 5.41) is 3.05. The monoisotopic (exact) mass is 355 g/mol. The summed E-state index contributed by atoms with van der Waals surface area (Å²) in [7, 11) is 0. The number of rotatable bonds is 7. The highest BCUT2D eigenvalue weighted by Gasteiger charge is 2.50. The van der Waals surface area contributed by atoms with Gasteiger partial charge in [-0.3, -0.25) is 9.59 Å². The molecule has 4 nitrogen and oxygen atoms in total. The molecule has 5 rings (SSSR count). The molecule has 140 valence electrons. The van der Waals surface area contributed by atoms with Crippen molar-refractivity contribution in [3.8, 4) is 0 Å². The maximum absolute atomic E-state index is 12.1. The molecule has 0 aromatic heterocycles. The third-order valence-corrected chi connectivity index (χ3v) is 6.65. The second-order valence-corrected chi connectivity index (χ2v) is 8.84. The van der Waals surface area contributed by atoms with Gasteiger partial charge in [-0.1, -0.05) is 30.3 Å². The number of hydrogen-bond donors (Lipinski definition) is 1. The van der Waals surface area contributed by atoms with E-state index in [0.29, 0.717) is 18.3 Å². The maximum atomic E-state index is 12.1. The molecule has 1 aromatic rings. The van der Waals surface area contributed by atoms with Crippen LogP contribution in [0.1, 0.15) is 50.5 Å². The molecule has 4 saturated carbocycles. The fraction of sp³-hybridized carbons (Fsp3) is 0.636. The standard InChI is InChI=1S/C22H29NO3/c24-20(14-26-21(25)7-6-16-4-2-1-3-5-16)23-15-22-11-17-8-18(12-22)10-19(9-17)13-22/h1-5,17-19H,6-15H2,(H,23,24). The van der Waals surface area contributed by atoms with Crippen molar-refractivity contribution in [2.75, 3.05) is 13.2 Å². The van der Waals surface area contributed by atoms with Crippen LogP contribution in [0, 0.1) is 23.2 Å². The van der Waals surface area contributed by atoms with Crippen LogP contribution >= 0.6 is 0 Å². The van der Waals surface area contributed by atoms with Crippen LogP contribution in [0.15, 0.2) is 30.3 Å². The predicted octanol–water partition coefficient (Wildman–Crippen LogP) is 3.50. The zero-order valence-corrected chi connectivity index (χ0v) is 15.4. The lowest BCUT2D eigenvalue weighted by Gasteiger charge is -2.56. The molecule has 0 spiro atoms. The van der Waals surface area contributed by atoms with Crippen LogP contribution < -0.4 is 5.32 Å². The maximum Gasteiger partial charge on any atom is 0.306 e. The Balaban J connectivity index is 1.17. The van der Waals surface area contributed by atoms with Crippen LogP contribution in [0.4, 0.5) is 0 Å². The number of amides is 1. The van der Waals surface area contributed by atoms with Gasteiger partial charge in [-0.05, 0) is 73.7 Å². The van der Waals surface area contributed by atoms with E-state index in [-0.39, 0.29) is 18.5 Å².